The van der Waals surface area contributed by atoms with Crippen molar-refractivity contribution in [2.45, 2.75) is 57.9 Å². The van der Waals surface area contributed by atoms with Crippen molar-refractivity contribution in [3.8, 4) is 0 Å². The van der Waals surface area contributed by atoms with Crippen molar-refractivity contribution in [2.75, 3.05) is 39.8 Å². The van der Waals surface area contributed by atoms with Crippen molar-refractivity contribution in [1.82, 2.24) is 20.4 Å². The van der Waals surface area contributed by atoms with E-state index < -0.39 is 0 Å². The van der Waals surface area contributed by atoms with Crippen LogP contribution in [-0.2, 0) is 11.3 Å². The second kappa shape index (κ2) is 12.0. The number of amides is 2. The van der Waals surface area contributed by atoms with Gasteiger partial charge in [-0.15, -0.1) is 24.0 Å². The Morgan fingerprint density at radius 3 is 2.39 bits per heavy atom. The fraction of sp³-hybridized carbons (Fsp3) is 0.640. The van der Waals surface area contributed by atoms with Crippen LogP contribution in [0.25, 0.3) is 0 Å². The van der Waals surface area contributed by atoms with Gasteiger partial charge in [-0.3, -0.25) is 14.6 Å². The van der Waals surface area contributed by atoms with Gasteiger partial charge in [0.25, 0.3) is 5.91 Å². The van der Waals surface area contributed by atoms with Crippen LogP contribution in [0.15, 0.2) is 29.3 Å². The van der Waals surface area contributed by atoms with Crippen molar-refractivity contribution in [2.24, 2.45) is 10.4 Å². The highest BCUT2D eigenvalue weighted by molar-refractivity contribution is 14.0. The van der Waals surface area contributed by atoms with E-state index >= 15 is 0 Å². The molecule has 0 unspecified atom stereocenters. The summed E-state index contributed by atoms with van der Waals surface area (Å²) in [6.07, 6.45) is 10.8. The molecule has 1 saturated carbocycles. The van der Waals surface area contributed by atoms with E-state index in [2.05, 4.69) is 20.5 Å². The fourth-order valence-electron chi connectivity index (χ4n) is 5.55. The molecule has 1 spiro atoms. The largest absolute Gasteiger partial charge is 0.353 e. The zero-order valence-electron chi connectivity index (χ0n) is 19.8. The number of halogens is 1. The molecule has 2 aliphatic heterocycles. The first kappa shape index (κ1) is 25.8. The van der Waals surface area contributed by atoms with Crippen molar-refractivity contribution in [3.63, 3.8) is 0 Å². The molecule has 0 radical (unpaired) electrons. The zero-order chi connectivity index (χ0) is 22.4. The summed E-state index contributed by atoms with van der Waals surface area (Å²) in [6.45, 7) is 4.07. The Bertz CT molecular complexity index is 834. The predicted octanol–water partition coefficient (Wildman–Crippen LogP) is 3.39. The zero-order valence-corrected chi connectivity index (χ0v) is 22.1. The summed E-state index contributed by atoms with van der Waals surface area (Å²) in [5, 5.41) is 6.29. The summed E-state index contributed by atoms with van der Waals surface area (Å²) in [7, 11) is 1.87. The minimum Gasteiger partial charge on any atom is -0.353 e. The van der Waals surface area contributed by atoms with Gasteiger partial charge in [0.2, 0.25) is 5.91 Å². The second-order valence-electron chi connectivity index (χ2n) is 9.61. The standard InChI is InChI=1S/C25H37N5O2.HI/c1-26-24(30-15-6-13-25(19-30)11-4-2-3-5-12-25)28-17-20-7-9-21(10-8-20)23(32)29-16-14-27-22(31)18-29;/h7-10H,2-6,11-19H2,1H3,(H,26,28)(H,27,31);1H. The lowest BCUT2D eigenvalue weighted by molar-refractivity contribution is -0.123. The first-order valence-corrected chi connectivity index (χ1v) is 12.2. The number of carbonyl (C=O) groups excluding carboxylic acids is 2. The van der Waals surface area contributed by atoms with E-state index in [1.54, 1.807) is 4.90 Å². The molecule has 2 heterocycles. The minimum atomic E-state index is -0.0971. The van der Waals surface area contributed by atoms with Gasteiger partial charge in [0.15, 0.2) is 5.96 Å². The van der Waals surface area contributed by atoms with Gasteiger partial charge in [-0.1, -0.05) is 37.8 Å². The number of nitrogens with one attached hydrogen (secondary N) is 2. The average Bonchev–Trinajstić information content (AvgIpc) is 3.04. The SMILES string of the molecule is CN=C(NCc1ccc(C(=O)N2CCNC(=O)C2)cc1)N1CCCC2(CCCCCC2)C1.I. The monoisotopic (exact) mass is 567 g/mol. The Balaban J connectivity index is 0.00000306. The summed E-state index contributed by atoms with van der Waals surface area (Å²) in [5.74, 6) is 0.796. The Kier molecular flexibility index (Phi) is 9.40. The maximum Gasteiger partial charge on any atom is 0.254 e. The highest BCUT2D eigenvalue weighted by Crippen LogP contribution is 2.42. The molecule has 3 fully saturated rings. The Labute approximate surface area is 214 Å². The quantitative estimate of drug-likeness (QED) is 0.334. The molecule has 0 atom stereocenters. The molecule has 182 valence electrons. The number of piperazine rings is 1. The maximum absolute atomic E-state index is 12.7. The number of nitrogens with zero attached hydrogens (tertiary/aromatic N) is 3. The van der Waals surface area contributed by atoms with Crippen LogP contribution in [-0.4, -0.2) is 67.3 Å². The van der Waals surface area contributed by atoms with Crippen LogP contribution >= 0.6 is 24.0 Å². The number of carbonyl (C=O) groups is 2. The third-order valence-electron chi connectivity index (χ3n) is 7.31. The van der Waals surface area contributed by atoms with Crippen molar-refractivity contribution < 1.29 is 9.59 Å². The molecule has 2 saturated heterocycles. The average molecular weight is 568 g/mol. The van der Waals surface area contributed by atoms with Crippen molar-refractivity contribution in [3.05, 3.63) is 35.4 Å². The summed E-state index contributed by atoms with van der Waals surface area (Å²) in [5.41, 5.74) is 2.21. The lowest BCUT2D eigenvalue weighted by Gasteiger charge is -2.44. The van der Waals surface area contributed by atoms with Crippen molar-refractivity contribution in [1.29, 1.82) is 0 Å². The Morgan fingerprint density at radius 2 is 1.73 bits per heavy atom. The lowest BCUT2D eigenvalue weighted by Crippen LogP contribution is -2.50. The van der Waals surface area contributed by atoms with Crippen LogP contribution in [0.5, 0.6) is 0 Å². The molecular weight excluding hydrogens is 529 g/mol. The molecule has 3 aliphatic rings. The molecule has 0 bridgehead atoms. The molecular formula is C25H38IN5O2. The minimum absolute atomic E-state index is 0. The van der Waals surface area contributed by atoms with E-state index in [0.29, 0.717) is 30.6 Å². The van der Waals surface area contributed by atoms with Gasteiger partial charge in [0.1, 0.15) is 0 Å². The van der Waals surface area contributed by atoms with E-state index in [0.717, 1.165) is 24.6 Å². The Hall–Kier alpha value is -1.84. The van der Waals surface area contributed by atoms with Gasteiger partial charge in [0.05, 0.1) is 6.54 Å². The topological polar surface area (TPSA) is 77.0 Å². The smallest absolute Gasteiger partial charge is 0.254 e. The highest BCUT2D eigenvalue weighted by atomic mass is 127. The molecule has 1 aromatic rings. The Morgan fingerprint density at radius 1 is 1.03 bits per heavy atom. The van der Waals surface area contributed by atoms with Crippen LogP contribution in [0.4, 0.5) is 0 Å². The van der Waals surface area contributed by atoms with Crippen LogP contribution in [0, 0.1) is 5.41 Å². The molecule has 0 aromatic heterocycles. The molecule has 8 heteroatoms. The number of hydrogen-bond acceptors (Lipinski definition) is 3. The summed E-state index contributed by atoms with van der Waals surface area (Å²) >= 11 is 0. The van der Waals surface area contributed by atoms with Crippen LogP contribution in [0.2, 0.25) is 0 Å². The normalized spacial score (nSPS) is 21.1. The summed E-state index contributed by atoms with van der Waals surface area (Å²) in [6, 6.07) is 7.69. The number of likely N-dealkylation sites (tertiary alicyclic amines) is 1. The highest BCUT2D eigenvalue weighted by Gasteiger charge is 2.36. The summed E-state index contributed by atoms with van der Waals surface area (Å²) in [4.78, 5) is 32.8. The molecule has 2 amide bonds. The molecule has 1 aromatic carbocycles. The third-order valence-corrected chi connectivity index (χ3v) is 7.31. The number of hydrogen-bond donors (Lipinski definition) is 2. The van der Waals surface area contributed by atoms with Gasteiger partial charge in [-0.2, -0.15) is 0 Å². The predicted molar refractivity (Wildman–Crippen MR) is 142 cm³/mol. The van der Waals surface area contributed by atoms with E-state index in [4.69, 9.17) is 0 Å². The van der Waals surface area contributed by atoms with E-state index in [-0.39, 0.29) is 42.3 Å². The fourth-order valence-corrected chi connectivity index (χ4v) is 5.55. The number of guanidine groups is 1. The van der Waals surface area contributed by atoms with Gasteiger partial charge >= 0.3 is 0 Å². The second-order valence-corrected chi connectivity index (χ2v) is 9.61. The van der Waals surface area contributed by atoms with E-state index in [1.807, 2.05) is 31.3 Å². The van der Waals surface area contributed by atoms with Gasteiger partial charge < -0.3 is 20.4 Å². The third kappa shape index (κ3) is 6.61. The summed E-state index contributed by atoms with van der Waals surface area (Å²) < 4.78 is 0. The maximum atomic E-state index is 12.7. The first-order valence-electron chi connectivity index (χ1n) is 12.2. The van der Waals surface area contributed by atoms with Crippen LogP contribution in [0.3, 0.4) is 0 Å². The van der Waals surface area contributed by atoms with Gasteiger partial charge in [0, 0.05) is 45.3 Å². The van der Waals surface area contributed by atoms with Crippen LogP contribution < -0.4 is 10.6 Å². The molecule has 1 aliphatic carbocycles. The molecule has 7 nitrogen and oxygen atoms in total. The lowest BCUT2D eigenvalue weighted by atomic mass is 9.74. The number of benzene rings is 1. The molecule has 2 N–H and O–H groups in total. The molecule has 33 heavy (non-hydrogen) atoms. The number of rotatable bonds is 3. The van der Waals surface area contributed by atoms with Crippen molar-refractivity contribution >= 4 is 41.8 Å². The molecule has 4 rings (SSSR count). The van der Waals surface area contributed by atoms with Crippen LogP contribution in [0.1, 0.15) is 67.3 Å². The number of aliphatic imine (C=N–C) groups is 1. The first-order chi connectivity index (χ1) is 15.6. The number of piperidine rings is 1. The van der Waals surface area contributed by atoms with Gasteiger partial charge in [-0.05, 0) is 48.8 Å². The van der Waals surface area contributed by atoms with E-state index in [1.165, 1.54) is 51.4 Å². The van der Waals surface area contributed by atoms with Gasteiger partial charge in [-0.25, -0.2) is 0 Å². The van der Waals surface area contributed by atoms with E-state index in [9.17, 15) is 9.59 Å².